The van der Waals surface area contributed by atoms with Crippen LogP contribution in [0.3, 0.4) is 0 Å². The Morgan fingerprint density at radius 2 is 2.05 bits per heavy atom. The number of hydrogen-bond acceptors (Lipinski definition) is 2. The first kappa shape index (κ1) is 16.4. The van der Waals surface area contributed by atoms with Crippen LogP contribution in [0.4, 0.5) is 5.69 Å². The molecule has 1 aromatic rings. The molecule has 0 bridgehead atoms. The monoisotopic (exact) mass is 288 g/mol. The van der Waals surface area contributed by atoms with Gasteiger partial charge in [-0.3, -0.25) is 0 Å². The van der Waals surface area contributed by atoms with Crippen molar-refractivity contribution in [2.45, 2.75) is 46.1 Å². The quantitative estimate of drug-likeness (QED) is 0.878. The standard InChI is InChI=1S/C19H32N2/c1-14(2)16-9-10-19(20-4)17(12-16)13-21(5)18-8-6-7-15(3)11-18/h6-8,11,14,16-17,19-20H,9-10,12-13H2,1-5H3. The van der Waals surface area contributed by atoms with Crippen molar-refractivity contribution in [1.82, 2.24) is 5.32 Å². The van der Waals surface area contributed by atoms with Crippen LogP contribution in [0.15, 0.2) is 24.3 Å². The van der Waals surface area contributed by atoms with Gasteiger partial charge >= 0.3 is 0 Å². The molecule has 0 aromatic heterocycles. The highest BCUT2D eigenvalue weighted by Gasteiger charge is 2.31. The molecule has 0 radical (unpaired) electrons. The minimum Gasteiger partial charge on any atom is -0.374 e. The van der Waals surface area contributed by atoms with Gasteiger partial charge in [-0.1, -0.05) is 26.0 Å². The third-order valence-electron chi connectivity index (χ3n) is 5.29. The normalized spacial score (nSPS) is 26.1. The molecule has 2 heteroatoms. The van der Waals surface area contributed by atoms with Crippen molar-refractivity contribution >= 4 is 5.69 Å². The predicted molar refractivity (Wildman–Crippen MR) is 93.0 cm³/mol. The molecule has 1 fully saturated rings. The first-order valence-electron chi connectivity index (χ1n) is 8.46. The highest BCUT2D eigenvalue weighted by atomic mass is 15.1. The number of rotatable bonds is 5. The average molecular weight is 288 g/mol. The van der Waals surface area contributed by atoms with E-state index in [4.69, 9.17) is 0 Å². The molecule has 1 aliphatic carbocycles. The SMILES string of the molecule is CNC1CCC(C(C)C)CC1CN(C)c1cccc(C)c1. The lowest BCUT2D eigenvalue weighted by Gasteiger charge is -2.40. The molecule has 1 N–H and O–H groups in total. The molecule has 2 rings (SSSR count). The van der Waals surface area contributed by atoms with Gasteiger partial charge in [0.25, 0.3) is 0 Å². The zero-order valence-electron chi connectivity index (χ0n) is 14.4. The van der Waals surface area contributed by atoms with Crippen LogP contribution in [0.25, 0.3) is 0 Å². The lowest BCUT2D eigenvalue weighted by atomic mass is 9.73. The van der Waals surface area contributed by atoms with Gasteiger partial charge in [0.1, 0.15) is 0 Å². The maximum atomic E-state index is 3.56. The Morgan fingerprint density at radius 3 is 2.67 bits per heavy atom. The molecule has 3 atom stereocenters. The minimum absolute atomic E-state index is 0.673. The van der Waals surface area contributed by atoms with E-state index >= 15 is 0 Å². The number of nitrogens with zero attached hydrogens (tertiary/aromatic N) is 1. The van der Waals surface area contributed by atoms with E-state index in [1.54, 1.807) is 0 Å². The molecule has 3 unspecified atom stereocenters. The van der Waals surface area contributed by atoms with Crippen LogP contribution < -0.4 is 10.2 Å². The van der Waals surface area contributed by atoms with Crippen molar-refractivity contribution in [3.8, 4) is 0 Å². The Labute approximate surface area is 130 Å². The summed E-state index contributed by atoms with van der Waals surface area (Å²) in [5.74, 6) is 2.46. The van der Waals surface area contributed by atoms with Gasteiger partial charge in [-0.2, -0.15) is 0 Å². The third-order valence-corrected chi connectivity index (χ3v) is 5.29. The Kier molecular flexibility index (Phi) is 5.69. The van der Waals surface area contributed by atoms with Crippen LogP contribution in [0, 0.1) is 24.7 Å². The number of hydrogen-bond donors (Lipinski definition) is 1. The number of anilines is 1. The van der Waals surface area contributed by atoms with Crippen molar-refractivity contribution < 1.29 is 0 Å². The Balaban J connectivity index is 2.04. The van der Waals surface area contributed by atoms with Gasteiger partial charge in [0, 0.05) is 25.3 Å². The summed E-state index contributed by atoms with van der Waals surface area (Å²) in [5, 5.41) is 3.56. The van der Waals surface area contributed by atoms with Crippen LogP contribution in [0.5, 0.6) is 0 Å². The van der Waals surface area contributed by atoms with Crippen molar-refractivity contribution in [2.75, 3.05) is 25.5 Å². The smallest absolute Gasteiger partial charge is 0.0366 e. The molecular formula is C19H32N2. The Bertz CT molecular complexity index is 441. The van der Waals surface area contributed by atoms with Crippen molar-refractivity contribution in [2.24, 2.45) is 17.8 Å². The van der Waals surface area contributed by atoms with Gasteiger partial charge in [0.2, 0.25) is 0 Å². The summed E-state index contributed by atoms with van der Waals surface area (Å²) in [7, 11) is 4.36. The third kappa shape index (κ3) is 4.23. The zero-order chi connectivity index (χ0) is 15.4. The Morgan fingerprint density at radius 1 is 1.29 bits per heavy atom. The van der Waals surface area contributed by atoms with Gasteiger partial charge in [-0.25, -0.2) is 0 Å². The zero-order valence-corrected chi connectivity index (χ0v) is 14.4. The average Bonchev–Trinajstić information content (AvgIpc) is 2.47. The lowest BCUT2D eigenvalue weighted by molar-refractivity contribution is 0.177. The molecule has 0 aliphatic heterocycles. The van der Waals surface area contributed by atoms with E-state index in [-0.39, 0.29) is 0 Å². The molecule has 1 saturated carbocycles. The van der Waals surface area contributed by atoms with Crippen LogP contribution in [-0.2, 0) is 0 Å². The number of nitrogens with one attached hydrogen (secondary N) is 1. The molecule has 118 valence electrons. The molecule has 21 heavy (non-hydrogen) atoms. The fraction of sp³-hybridized carbons (Fsp3) is 0.684. The van der Waals surface area contributed by atoms with Crippen molar-refractivity contribution in [1.29, 1.82) is 0 Å². The van der Waals surface area contributed by atoms with Crippen LogP contribution in [0.1, 0.15) is 38.7 Å². The molecule has 2 nitrogen and oxygen atoms in total. The molecule has 0 saturated heterocycles. The molecule has 1 aromatic carbocycles. The van der Waals surface area contributed by atoms with Crippen molar-refractivity contribution in [3.63, 3.8) is 0 Å². The van der Waals surface area contributed by atoms with E-state index in [0.717, 1.165) is 24.3 Å². The van der Waals surface area contributed by atoms with Crippen LogP contribution in [0.2, 0.25) is 0 Å². The molecule has 0 spiro atoms. The summed E-state index contributed by atoms with van der Waals surface area (Å²) in [6.07, 6.45) is 4.07. The first-order valence-corrected chi connectivity index (χ1v) is 8.46. The maximum absolute atomic E-state index is 3.56. The minimum atomic E-state index is 0.673. The summed E-state index contributed by atoms with van der Waals surface area (Å²) in [6.45, 7) is 8.08. The highest BCUT2D eigenvalue weighted by molar-refractivity contribution is 5.47. The van der Waals surface area contributed by atoms with Gasteiger partial charge in [-0.05, 0) is 68.7 Å². The van der Waals surface area contributed by atoms with E-state index in [1.807, 2.05) is 0 Å². The summed E-state index contributed by atoms with van der Waals surface area (Å²) < 4.78 is 0. The van der Waals surface area contributed by atoms with E-state index in [0.29, 0.717) is 6.04 Å². The second-order valence-corrected chi connectivity index (χ2v) is 7.19. The second kappa shape index (κ2) is 7.31. The number of aryl methyl sites for hydroxylation is 1. The van der Waals surface area contributed by atoms with Gasteiger partial charge < -0.3 is 10.2 Å². The van der Waals surface area contributed by atoms with Gasteiger partial charge in [0.15, 0.2) is 0 Å². The molecule has 0 heterocycles. The number of benzene rings is 1. The van der Waals surface area contributed by atoms with Crippen LogP contribution in [-0.4, -0.2) is 26.7 Å². The van der Waals surface area contributed by atoms with Crippen LogP contribution >= 0.6 is 0 Å². The fourth-order valence-corrected chi connectivity index (χ4v) is 3.81. The van der Waals surface area contributed by atoms with E-state index in [9.17, 15) is 0 Å². The van der Waals surface area contributed by atoms with Crippen molar-refractivity contribution in [3.05, 3.63) is 29.8 Å². The maximum Gasteiger partial charge on any atom is 0.0366 e. The van der Waals surface area contributed by atoms with Gasteiger partial charge in [0.05, 0.1) is 0 Å². The van der Waals surface area contributed by atoms with E-state index < -0.39 is 0 Å². The summed E-state index contributed by atoms with van der Waals surface area (Å²) >= 11 is 0. The largest absolute Gasteiger partial charge is 0.374 e. The highest BCUT2D eigenvalue weighted by Crippen LogP contribution is 2.34. The Hall–Kier alpha value is -1.02. The van der Waals surface area contributed by atoms with E-state index in [1.165, 1.54) is 30.5 Å². The lowest BCUT2D eigenvalue weighted by Crippen LogP contribution is -2.44. The summed E-state index contributed by atoms with van der Waals surface area (Å²) in [4.78, 5) is 2.44. The summed E-state index contributed by atoms with van der Waals surface area (Å²) in [6, 6.07) is 9.52. The van der Waals surface area contributed by atoms with E-state index in [2.05, 4.69) is 69.3 Å². The first-order chi connectivity index (χ1) is 10.0. The second-order valence-electron chi connectivity index (χ2n) is 7.19. The molecule has 1 aliphatic rings. The topological polar surface area (TPSA) is 15.3 Å². The van der Waals surface area contributed by atoms with Gasteiger partial charge in [-0.15, -0.1) is 0 Å². The fourth-order valence-electron chi connectivity index (χ4n) is 3.81. The molecular weight excluding hydrogens is 256 g/mol. The molecule has 0 amide bonds. The summed E-state index contributed by atoms with van der Waals surface area (Å²) in [5.41, 5.74) is 2.68. The predicted octanol–water partition coefficient (Wildman–Crippen LogP) is 4.09.